The van der Waals surface area contributed by atoms with Gasteiger partial charge in [-0.05, 0) is 54.4 Å². The Balaban J connectivity index is 1.68. The van der Waals surface area contributed by atoms with Crippen LogP contribution >= 0.6 is 0 Å². The number of ether oxygens (including phenoxy) is 3. The third kappa shape index (κ3) is 5.09. The number of hydrogen-bond acceptors (Lipinski definition) is 6. The van der Waals surface area contributed by atoms with Gasteiger partial charge in [0.15, 0.2) is 5.58 Å². The van der Waals surface area contributed by atoms with Gasteiger partial charge >= 0.3 is 0 Å². The molecule has 4 rings (SSSR count). The van der Waals surface area contributed by atoms with E-state index in [1.807, 2.05) is 49.4 Å². The number of methoxy groups -OCH3 is 3. The first kappa shape index (κ1) is 22.2. The molecule has 0 bridgehead atoms. The first-order valence-corrected chi connectivity index (χ1v) is 10.5. The van der Waals surface area contributed by atoms with Crippen LogP contribution in [0.25, 0.3) is 11.1 Å². The number of aryl methyl sites for hydroxylation is 1. The maximum atomic E-state index is 13.6. The molecule has 4 aromatic rings. The maximum absolute atomic E-state index is 13.6. The molecule has 0 saturated carbocycles. The molecule has 0 aliphatic heterocycles. The van der Waals surface area contributed by atoms with Gasteiger partial charge in [0.1, 0.15) is 22.8 Å². The number of rotatable bonds is 8. The molecule has 33 heavy (non-hydrogen) atoms. The van der Waals surface area contributed by atoms with Gasteiger partial charge < -0.3 is 23.5 Å². The fraction of sp³-hybridized carbons (Fsp3) is 0.231. The van der Waals surface area contributed by atoms with Crippen LogP contribution < -0.4 is 14.2 Å². The number of oxazole rings is 1. The molecule has 0 aliphatic rings. The molecule has 0 saturated heterocycles. The number of carbonyl (C=O) groups excluding carboxylic acids is 1. The summed E-state index contributed by atoms with van der Waals surface area (Å²) in [5.41, 5.74) is 3.95. The van der Waals surface area contributed by atoms with Crippen LogP contribution in [-0.4, -0.2) is 37.1 Å². The third-order valence-electron chi connectivity index (χ3n) is 5.33. The number of aromatic nitrogens is 1. The van der Waals surface area contributed by atoms with Crippen LogP contribution in [0, 0.1) is 6.92 Å². The molecule has 0 atom stereocenters. The molecule has 0 spiro atoms. The van der Waals surface area contributed by atoms with E-state index in [1.165, 1.54) is 0 Å². The molecule has 1 aromatic heterocycles. The molecule has 0 unspecified atom stereocenters. The highest BCUT2D eigenvalue weighted by atomic mass is 16.5. The van der Waals surface area contributed by atoms with Crippen molar-refractivity contribution in [1.82, 2.24) is 9.88 Å². The molecule has 1 amide bonds. The average Bonchev–Trinajstić information content (AvgIpc) is 3.24. The van der Waals surface area contributed by atoms with Crippen molar-refractivity contribution in [2.24, 2.45) is 0 Å². The highest BCUT2D eigenvalue weighted by Crippen LogP contribution is 2.26. The highest BCUT2D eigenvalue weighted by molar-refractivity contribution is 5.95. The Bertz CT molecular complexity index is 1240. The lowest BCUT2D eigenvalue weighted by Gasteiger charge is -2.22. The Morgan fingerprint density at radius 3 is 2.15 bits per heavy atom. The van der Waals surface area contributed by atoms with Gasteiger partial charge in [0.05, 0.1) is 27.9 Å². The number of fused-ring (bicyclic) bond motifs is 1. The van der Waals surface area contributed by atoms with E-state index in [1.54, 1.807) is 44.4 Å². The second-order valence-corrected chi connectivity index (χ2v) is 7.69. The van der Waals surface area contributed by atoms with Crippen molar-refractivity contribution < 1.29 is 23.4 Å². The first-order chi connectivity index (χ1) is 16.0. The molecular formula is C26H26N2O5. The van der Waals surface area contributed by atoms with Gasteiger partial charge in [-0.2, -0.15) is 0 Å². The Kier molecular flexibility index (Phi) is 6.49. The van der Waals surface area contributed by atoms with Gasteiger partial charge in [0, 0.05) is 18.2 Å². The zero-order valence-corrected chi connectivity index (χ0v) is 19.1. The van der Waals surface area contributed by atoms with E-state index in [9.17, 15) is 4.79 Å². The van der Waals surface area contributed by atoms with E-state index in [0.29, 0.717) is 35.1 Å². The summed E-state index contributed by atoms with van der Waals surface area (Å²) in [6.07, 6.45) is 0. The fourth-order valence-electron chi connectivity index (χ4n) is 3.58. The average molecular weight is 447 g/mol. The standard InChI is InChI=1S/C26H26N2O5/c1-17-5-10-24-23(11-17)27-25(33-24)16-28(15-18-6-8-20(30-2)9-7-18)26(29)19-12-21(31-3)14-22(13-19)32-4/h5-14H,15-16H2,1-4H3. The highest BCUT2D eigenvalue weighted by Gasteiger charge is 2.21. The Morgan fingerprint density at radius 1 is 0.848 bits per heavy atom. The van der Waals surface area contributed by atoms with E-state index in [-0.39, 0.29) is 12.5 Å². The zero-order valence-electron chi connectivity index (χ0n) is 19.1. The van der Waals surface area contributed by atoms with Gasteiger partial charge in [-0.25, -0.2) is 4.98 Å². The van der Waals surface area contributed by atoms with E-state index >= 15 is 0 Å². The maximum Gasteiger partial charge on any atom is 0.254 e. The van der Waals surface area contributed by atoms with Crippen molar-refractivity contribution in [3.05, 3.63) is 83.2 Å². The number of nitrogens with zero attached hydrogens (tertiary/aromatic N) is 2. The van der Waals surface area contributed by atoms with Gasteiger partial charge in [0.2, 0.25) is 5.89 Å². The van der Waals surface area contributed by atoms with Crippen LogP contribution in [0.15, 0.2) is 65.1 Å². The first-order valence-electron chi connectivity index (χ1n) is 10.5. The predicted molar refractivity (Wildman–Crippen MR) is 125 cm³/mol. The molecule has 0 fully saturated rings. The molecular weight excluding hydrogens is 420 g/mol. The molecule has 3 aromatic carbocycles. The quantitative estimate of drug-likeness (QED) is 0.379. The summed E-state index contributed by atoms with van der Waals surface area (Å²) in [7, 11) is 4.73. The summed E-state index contributed by atoms with van der Waals surface area (Å²) in [6, 6.07) is 18.6. The minimum atomic E-state index is -0.193. The Hall–Kier alpha value is -4.00. The van der Waals surface area contributed by atoms with E-state index < -0.39 is 0 Å². The lowest BCUT2D eigenvalue weighted by Crippen LogP contribution is -2.30. The molecule has 0 radical (unpaired) electrons. The summed E-state index contributed by atoms with van der Waals surface area (Å²) in [5.74, 6) is 2.11. The van der Waals surface area contributed by atoms with Crippen molar-refractivity contribution in [3.8, 4) is 17.2 Å². The van der Waals surface area contributed by atoms with Crippen molar-refractivity contribution in [2.45, 2.75) is 20.0 Å². The number of hydrogen-bond donors (Lipinski definition) is 0. The largest absolute Gasteiger partial charge is 0.497 e. The minimum Gasteiger partial charge on any atom is -0.497 e. The summed E-state index contributed by atoms with van der Waals surface area (Å²) in [6.45, 7) is 2.57. The van der Waals surface area contributed by atoms with E-state index in [4.69, 9.17) is 18.6 Å². The summed E-state index contributed by atoms with van der Waals surface area (Å²) in [4.78, 5) is 19.9. The lowest BCUT2D eigenvalue weighted by molar-refractivity contribution is 0.0714. The number of benzene rings is 3. The molecule has 0 N–H and O–H groups in total. The molecule has 7 nitrogen and oxygen atoms in total. The van der Waals surface area contributed by atoms with E-state index in [0.717, 1.165) is 22.4 Å². The van der Waals surface area contributed by atoms with Crippen LogP contribution in [0.5, 0.6) is 17.2 Å². The van der Waals surface area contributed by atoms with Gasteiger partial charge in [-0.1, -0.05) is 18.2 Å². The summed E-state index contributed by atoms with van der Waals surface area (Å²) >= 11 is 0. The van der Waals surface area contributed by atoms with Gasteiger partial charge in [-0.3, -0.25) is 4.79 Å². The third-order valence-corrected chi connectivity index (χ3v) is 5.33. The normalized spacial score (nSPS) is 10.8. The molecule has 170 valence electrons. The van der Waals surface area contributed by atoms with Crippen LogP contribution in [0.4, 0.5) is 0 Å². The summed E-state index contributed by atoms with van der Waals surface area (Å²) < 4.78 is 21.9. The van der Waals surface area contributed by atoms with Crippen molar-refractivity contribution in [2.75, 3.05) is 21.3 Å². The lowest BCUT2D eigenvalue weighted by atomic mass is 10.1. The Labute approximate surface area is 192 Å². The van der Waals surface area contributed by atoms with Crippen LogP contribution in [0.1, 0.15) is 27.4 Å². The van der Waals surface area contributed by atoms with Crippen molar-refractivity contribution in [3.63, 3.8) is 0 Å². The number of carbonyl (C=O) groups is 1. The topological polar surface area (TPSA) is 74.0 Å². The zero-order chi connectivity index (χ0) is 23.4. The summed E-state index contributed by atoms with van der Waals surface area (Å²) in [5, 5.41) is 0. The fourth-order valence-corrected chi connectivity index (χ4v) is 3.58. The molecule has 0 aliphatic carbocycles. The van der Waals surface area contributed by atoms with Gasteiger partial charge in [-0.15, -0.1) is 0 Å². The number of amides is 1. The second-order valence-electron chi connectivity index (χ2n) is 7.69. The molecule has 7 heteroatoms. The minimum absolute atomic E-state index is 0.193. The monoisotopic (exact) mass is 446 g/mol. The SMILES string of the molecule is COc1ccc(CN(Cc2nc3cc(C)ccc3o2)C(=O)c2cc(OC)cc(OC)c2)cc1. The smallest absolute Gasteiger partial charge is 0.254 e. The van der Waals surface area contributed by atoms with Crippen LogP contribution in [0.3, 0.4) is 0 Å². The Morgan fingerprint density at radius 2 is 1.52 bits per heavy atom. The van der Waals surface area contributed by atoms with Crippen molar-refractivity contribution in [1.29, 1.82) is 0 Å². The second kappa shape index (κ2) is 9.65. The predicted octanol–water partition coefficient (Wildman–Crippen LogP) is 5.00. The molecule has 1 heterocycles. The van der Waals surface area contributed by atoms with Crippen molar-refractivity contribution >= 4 is 17.0 Å². The van der Waals surface area contributed by atoms with Crippen LogP contribution in [0.2, 0.25) is 0 Å². The van der Waals surface area contributed by atoms with Gasteiger partial charge in [0.25, 0.3) is 5.91 Å². The van der Waals surface area contributed by atoms with E-state index in [2.05, 4.69) is 4.98 Å². The van der Waals surface area contributed by atoms with Crippen LogP contribution in [-0.2, 0) is 13.1 Å².